The maximum absolute atomic E-state index is 12.4. The summed E-state index contributed by atoms with van der Waals surface area (Å²) >= 11 is 4.82. The molecule has 0 saturated carbocycles. The molecular formula is C10H23O2PS3. The number of rotatable bonds is 10. The lowest BCUT2D eigenvalue weighted by molar-refractivity contribution is 0.335. The third-order valence-corrected chi connectivity index (χ3v) is 10.8. The number of hydrogen-bond donors (Lipinski definition) is 0. The smallest absolute Gasteiger partial charge is 0.313 e. The van der Waals surface area contributed by atoms with E-state index in [1.165, 1.54) is 22.8 Å². The van der Waals surface area contributed by atoms with Crippen molar-refractivity contribution in [1.29, 1.82) is 0 Å². The Morgan fingerprint density at radius 3 is 2.44 bits per heavy atom. The first-order valence-corrected chi connectivity index (χ1v) is 11.7. The van der Waals surface area contributed by atoms with E-state index in [0.717, 1.165) is 24.3 Å². The summed E-state index contributed by atoms with van der Waals surface area (Å²) in [6.45, 7) is 6.91. The molecular weight excluding hydrogens is 279 g/mol. The summed E-state index contributed by atoms with van der Waals surface area (Å²) in [5.74, 6) is -0.679. The van der Waals surface area contributed by atoms with Gasteiger partial charge in [0.2, 0.25) is 0 Å². The van der Waals surface area contributed by atoms with Gasteiger partial charge in [0.1, 0.15) is 0 Å². The van der Waals surface area contributed by atoms with E-state index in [9.17, 15) is 4.57 Å². The van der Waals surface area contributed by atoms with Gasteiger partial charge in [0.25, 0.3) is 0 Å². The lowest BCUT2D eigenvalue weighted by Crippen LogP contribution is -1.99. The molecule has 0 heterocycles. The van der Waals surface area contributed by atoms with E-state index >= 15 is 0 Å². The van der Waals surface area contributed by atoms with Crippen LogP contribution in [0.1, 0.15) is 33.6 Å². The molecule has 0 aromatic rings. The Morgan fingerprint density at radius 1 is 1.25 bits per heavy atom. The lowest BCUT2D eigenvalue weighted by atomic mass is 10.5. The van der Waals surface area contributed by atoms with Crippen molar-refractivity contribution in [3.63, 3.8) is 0 Å². The van der Waals surface area contributed by atoms with E-state index in [1.807, 2.05) is 6.92 Å². The summed E-state index contributed by atoms with van der Waals surface area (Å²) in [6.07, 6.45) is 4.06. The van der Waals surface area contributed by atoms with E-state index in [1.54, 1.807) is 11.8 Å². The zero-order chi connectivity index (χ0) is 12.4. The maximum Gasteiger partial charge on any atom is 0.313 e. The van der Waals surface area contributed by atoms with Crippen LogP contribution in [0.25, 0.3) is 0 Å². The minimum Gasteiger partial charge on any atom is -0.314 e. The van der Waals surface area contributed by atoms with Gasteiger partial charge in [-0.05, 0) is 19.1 Å². The van der Waals surface area contributed by atoms with Crippen molar-refractivity contribution in [3.8, 4) is 0 Å². The van der Waals surface area contributed by atoms with Gasteiger partial charge >= 0.3 is 5.77 Å². The molecule has 16 heavy (non-hydrogen) atoms. The van der Waals surface area contributed by atoms with E-state index in [4.69, 9.17) is 4.52 Å². The Labute approximate surface area is 112 Å². The Morgan fingerprint density at radius 2 is 1.94 bits per heavy atom. The standard InChI is InChI=1S/C10H23O2PS3/c1-5-7-12-13(11,15-8-6-2)16-9-10(3)14-4/h10H,5-9H2,1-4H3. The van der Waals surface area contributed by atoms with Gasteiger partial charge in [0, 0.05) is 16.8 Å². The van der Waals surface area contributed by atoms with Gasteiger partial charge in [-0.1, -0.05) is 43.5 Å². The molecule has 0 aliphatic carbocycles. The van der Waals surface area contributed by atoms with E-state index < -0.39 is 5.77 Å². The van der Waals surface area contributed by atoms with Crippen LogP contribution >= 0.6 is 40.3 Å². The van der Waals surface area contributed by atoms with Crippen LogP contribution in [-0.2, 0) is 9.09 Å². The highest BCUT2D eigenvalue weighted by atomic mass is 33.1. The van der Waals surface area contributed by atoms with Gasteiger partial charge < -0.3 is 4.52 Å². The van der Waals surface area contributed by atoms with Crippen LogP contribution in [0.4, 0.5) is 0 Å². The molecule has 2 nitrogen and oxygen atoms in total. The molecule has 0 spiro atoms. The molecule has 6 heteroatoms. The predicted molar refractivity (Wildman–Crippen MR) is 82.0 cm³/mol. The van der Waals surface area contributed by atoms with Gasteiger partial charge in [-0.15, -0.1) is 0 Å². The van der Waals surface area contributed by atoms with Crippen LogP contribution in [0, 0.1) is 0 Å². The molecule has 0 aliphatic rings. The Balaban J connectivity index is 4.12. The van der Waals surface area contributed by atoms with Crippen molar-refractivity contribution < 1.29 is 9.09 Å². The average Bonchev–Trinajstić information content (AvgIpc) is 2.31. The molecule has 98 valence electrons. The molecule has 0 rings (SSSR count). The van der Waals surface area contributed by atoms with Crippen LogP contribution in [-0.4, -0.2) is 29.6 Å². The Bertz CT molecular complexity index is 202. The van der Waals surface area contributed by atoms with Gasteiger partial charge in [-0.3, -0.25) is 4.57 Å². The van der Waals surface area contributed by atoms with Crippen LogP contribution in [0.5, 0.6) is 0 Å². The summed E-state index contributed by atoms with van der Waals surface area (Å²) < 4.78 is 18.0. The van der Waals surface area contributed by atoms with Crippen molar-refractivity contribution >= 4 is 40.3 Å². The molecule has 2 atom stereocenters. The Hall–Kier alpha value is 1.24. The normalized spacial score (nSPS) is 17.0. The largest absolute Gasteiger partial charge is 0.314 e. The van der Waals surface area contributed by atoms with Gasteiger partial charge in [-0.2, -0.15) is 11.8 Å². The minimum absolute atomic E-state index is 0.533. The van der Waals surface area contributed by atoms with Gasteiger partial charge in [0.05, 0.1) is 6.61 Å². The second-order valence-electron chi connectivity index (χ2n) is 3.46. The van der Waals surface area contributed by atoms with E-state index in [0.29, 0.717) is 11.9 Å². The van der Waals surface area contributed by atoms with Crippen LogP contribution in [0.15, 0.2) is 0 Å². The molecule has 0 N–H and O–H groups in total. The number of thioether (sulfide) groups is 1. The maximum atomic E-state index is 12.4. The fourth-order valence-corrected chi connectivity index (χ4v) is 8.71. The first-order chi connectivity index (χ1) is 7.58. The molecule has 0 amide bonds. The molecule has 0 aliphatic heterocycles. The topological polar surface area (TPSA) is 26.3 Å². The average molecular weight is 302 g/mol. The molecule has 0 aromatic carbocycles. The summed E-state index contributed by atoms with van der Waals surface area (Å²) in [6, 6.07) is 0. The SMILES string of the molecule is CCCOP(=O)(SCCC)SCC(C)SC. The molecule has 0 saturated heterocycles. The highest BCUT2D eigenvalue weighted by molar-refractivity contribution is 8.89. The van der Waals surface area contributed by atoms with Crippen molar-refractivity contribution in [1.82, 2.24) is 0 Å². The van der Waals surface area contributed by atoms with Crippen molar-refractivity contribution in [2.24, 2.45) is 0 Å². The lowest BCUT2D eigenvalue weighted by Gasteiger charge is -2.18. The monoisotopic (exact) mass is 302 g/mol. The quantitative estimate of drug-likeness (QED) is 0.520. The van der Waals surface area contributed by atoms with Crippen LogP contribution in [0.3, 0.4) is 0 Å². The third-order valence-electron chi connectivity index (χ3n) is 1.78. The second-order valence-corrected chi connectivity index (χ2v) is 12.3. The Kier molecular flexibility index (Phi) is 11.0. The predicted octanol–water partition coefficient (Wildman–Crippen LogP) is 5.15. The van der Waals surface area contributed by atoms with Crippen molar-refractivity contribution in [2.45, 2.75) is 38.9 Å². The molecule has 2 unspecified atom stereocenters. The van der Waals surface area contributed by atoms with Gasteiger partial charge in [-0.25, -0.2) is 0 Å². The van der Waals surface area contributed by atoms with Crippen molar-refractivity contribution in [2.75, 3.05) is 24.4 Å². The van der Waals surface area contributed by atoms with Gasteiger partial charge in [0.15, 0.2) is 0 Å². The summed E-state index contributed by atoms with van der Waals surface area (Å²) in [4.78, 5) is 0. The van der Waals surface area contributed by atoms with E-state index in [-0.39, 0.29) is 0 Å². The number of hydrogen-bond acceptors (Lipinski definition) is 5. The third kappa shape index (κ3) is 8.35. The fourth-order valence-electron chi connectivity index (χ4n) is 0.782. The zero-order valence-electron chi connectivity index (χ0n) is 10.6. The van der Waals surface area contributed by atoms with Crippen molar-refractivity contribution in [3.05, 3.63) is 0 Å². The minimum atomic E-state index is -2.50. The summed E-state index contributed by atoms with van der Waals surface area (Å²) in [7, 11) is 0. The molecule has 0 aromatic heterocycles. The molecule has 0 fully saturated rings. The first-order valence-electron chi connectivity index (χ1n) is 5.64. The second kappa shape index (κ2) is 10.2. The zero-order valence-corrected chi connectivity index (χ0v) is 13.9. The highest BCUT2D eigenvalue weighted by Crippen LogP contribution is 2.70. The van der Waals surface area contributed by atoms with E-state index in [2.05, 4.69) is 20.1 Å². The van der Waals surface area contributed by atoms with Crippen LogP contribution in [0.2, 0.25) is 0 Å². The summed E-state index contributed by atoms with van der Waals surface area (Å²) in [5.41, 5.74) is 0. The first kappa shape index (κ1) is 17.2. The highest BCUT2D eigenvalue weighted by Gasteiger charge is 2.25. The summed E-state index contributed by atoms with van der Waals surface area (Å²) in [5, 5.41) is 0.533. The fraction of sp³-hybridized carbons (Fsp3) is 1.00. The van der Waals surface area contributed by atoms with Crippen LogP contribution < -0.4 is 0 Å². The molecule has 0 radical (unpaired) electrons. The molecule has 0 bridgehead atoms.